The Morgan fingerprint density at radius 3 is 2.29 bits per heavy atom. The molecule has 0 fully saturated rings. The quantitative estimate of drug-likeness (QED) is 0.0826. The first kappa shape index (κ1) is 39.8. The number of aliphatic hydroxyl groups is 1. The molecule has 2 aromatic heterocycles. The second kappa shape index (κ2) is 16.9. The number of esters is 2. The number of ether oxygens (including phenoxy) is 2. The lowest BCUT2D eigenvalue weighted by molar-refractivity contribution is -0.141. The number of carbonyl (C=O) groups excluding carboxylic acids is 2. The Morgan fingerprint density at radius 2 is 1.78 bits per heavy atom. The molecule has 0 saturated heterocycles. The standard InChI is InChI=1S/C22H20F3N3O4.C16H22O3/c1-3-11-7-13-18-14(8-11)27-15(12-5-6-16(26-9-12)22(23,24)25)10-28(18)20(30)17(19(13)29)21(31)32-4-2;1-7-9-10-13(11(3)4)15(17)14(12(5)6)16(18)19-8-2/h5-9,15,27,29H,3-4,10H2,1-2H3;7,9-10,17H,1,5,8H2,2-4,6H3/b;10-9-,15-14-. The predicted molar refractivity (Wildman–Crippen MR) is 190 cm³/mol. The minimum absolute atomic E-state index is 0.0214. The molecule has 3 heterocycles. The monoisotopic (exact) mass is 709 g/mol. The van der Waals surface area contributed by atoms with Crippen LogP contribution < -0.4 is 10.9 Å². The fraction of sp³-hybridized carbons (Fsp3) is 0.316. The number of halogens is 3. The van der Waals surface area contributed by atoms with Gasteiger partial charge >= 0.3 is 18.1 Å². The van der Waals surface area contributed by atoms with Crippen molar-refractivity contribution in [2.75, 3.05) is 18.5 Å². The number of aromatic nitrogens is 2. The van der Waals surface area contributed by atoms with Gasteiger partial charge in [-0.1, -0.05) is 49.9 Å². The molecule has 272 valence electrons. The van der Waals surface area contributed by atoms with Gasteiger partial charge in [-0.2, -0.15) is 13.2 Å². The first-order valence-corrected chi connectivity index (χ1v) is 16.1. The van der Waals surface area contributed by atoms with Gasteiger partial charge in [0.1, 0.15) is 22.8 Å². The summed E-state index contributed by atoms with van der Waals surface area (Å²) in [6.07, 6.45) is 2.16. The Bertz CT molecular complexity index is 1980. The third-order valence-electron chi connectivity index (χ3n) is 7.79. The molecule has 0 spiro atoms. The molecule has 1 aliphatic heterocycles. The minimum Gasteiger partial charge on any atom is -0.506 e. The van der Waals surface area contributed by atoms with Crippen molar-refractivity contribution < 1.29 is 42.4 Å². The molecular formula is C38H42F3N3O7. The first-order valence-electron chi connectivity index (χ1n) is 16.1. The fourth-order valence-electron chi connectivity index (χ4n) is 5.36. The number of rotatable bonds is 10. The predicted octanol–water partition coefficient (Wildman–Crippen LogP) is 8.04. The summed E-state index contributed by atoms with van der Waals surface area (Å²) in [7, 11) is 0. The van der Waals surface area contributed by atoms with E-state index in [1.54, 1.807) is 45.1 Å². The molecule has 3 aromatic rings. The largest absolute Gasteiger partial charge is 0.506 e. The van der Waals surface area contributed by atoms with Crippen LogP contribution in [0.2, 0.25) is 0 Å². The van der Waals surface area contributed by atoms with Crippen LogP contribution >= 0.6 is 0 Å². The summed E-state index contributed by atoms with van der Waals surface area (Å²) >= 11 is 0. The molecule has 1 unspecified atom stereocenters. The number of allylic oxidation sites excluding steroid dienone is 4. The molecule has 10 nitrogen and oxygen atoms in total. The smallest absolute Gasteiger partial charge is 0.433 e. The normalized spacial score (nSPS) is 14.1. The van der Waals surface area contributed by atoms with E-state index in [4.69, 9.17) is 9.47 Å². The van der Waals surface area contributed by atoms with E-state index in [2.05, 4.69) is 23.5 Å². The van der Waals surface area contributed by atoms with E-state index >= 15 is 0 Å². The number of aryl methyl sites for hydroxylation is 1. The molecule has 0 aliphatic carbocycles. The van der Waals surface area contributed by atoms with Crippen LogP contribution in [0.15, 0.2) is 94.7 Å². The SMILES string of the molecule is C=C/C=C\C(=C(C)C)/C(O)=C(\C(=C)C)C(=O)OCC.CCOC(=O)c1c(O)c2cc(CC)cc3c2n(c1=O)CC(c1ccc(C(F)(F)F)nc1)N3. The molecule has 0 radical (unpaired) electrons. The second-order valence-corrected chi connectivity index (χ2v) is 11.7. The second-order valence-electron chi connectivity index (χ2n) is 11.7. The Morgan fingerprint density at radius 1 is 1.12 bits per heavy atom. The lowest BCUT2D eigenvalue weighted by Crippen LogP contribution is -2.34. The van der Waals surface area contributed by atoms with Crippen LogP contribution in [-0.4, -0.2) is 44.9 Å². The highest BCUT2D eigenvalue weighted by atomic mass is 19.4. The van der Waals surface area contributed by atoms with Crippen molar-refractivity contribution in [1.82, 2.24) is 9.55 Å². The number of benzene rings is 1. The summed E-state index contributed by atoms with van der Waals surface area (Å²) in [5, 5.41) is 24.6. The lowest BCUT2D eigenvalue weighted by atomic mass is 9.99. The Kier molecular flexibility index (Phi) is 13.2. The van der Waals surface area contributed by atoms with Crippen molar-refractivity contribution in [1.29, 1.82) is 0 Å². The highest BCUT2D eigenvalue weighted by molar-refractivity contribution is 6.03. The van der Waals surface area contributed by atoms with Crippen LogP contribution in [0, 0.1) is 0 Å². The van der Waals surface area contributed by atoms with E-state index in [0.29, 0.717) is 39.7 Å². The number of hydrogen-bond donors (Lipinski definition) is 3. The molecule has 51 heavy (non-hydrogen) atoms. The van der Waals surface area contributed by atoms with Crippen molar-refractivity contribution in [3.05, 3.63) is 123 Å². The maximum absolute atomic E-state index is 13.2. The summed E-state index contributed by atoms with van der Waals surface area (Å²) in [6, 6.07) is 5.12. The number of hydrogen-bond acceptors (Lipinski definition) is 9. The van der Waals surface area contributed by atoms with Crippen molar-refractivity contribution in [3.63, 3.8) is 0 Å². The third-order valence-corrected chi connectivity index (χ3v) is 7.79. The zero-order valence-electron chi connectivity index (χ0n) is 29.4. The van der Waals surface area contributed by atoms with Gasteiger partial charge in [-0.25, -0.2) is 9.59 Å². The van der Waals surface area contributed by atoms with Gasteiger partial charge in [0.05, 0.1) is 37.0 Å². The molecule has 1 aliphatic rings. The topological polar surface area (TPSA) is 140 Å². The molecular weight excluding hydrogens is 667 g/mol. The third kappa shape index (κ3) is 8.96. The summed E-state index contributed by atoms with van der Waals surface area (Å²) in [6.45, 7) is 18.1. The molecule has 0 bridgehead atoms. The maximum atomic E-state index is 13.2. The van der Waals surface area contributed by atoms with E-state index in [1.807, 2.05) is 26.8 Å². The van der Waals surface area contributed by atoms with Gasteiger partial charge in [0, 0.05) is 17.2 Å². The average Bonchev–Trinajstić information content (AvgIpc) is 3.06. The number of aliphatic hydroxyl groups excluding tert-OH is 1. The number of anilines is 1. The molecule has 0 amide bonds. The maximum Gasteiger partial charge on any atom is 0.433 e. The Labute approximate surface area is 293 Å². The number of carbonyl (C=O) groups is 2. The van der Waals surface area contributed by atoms with E-state index in [1.165, 1.54) is 10.6 Å². The van der Waals surface area contributed by atoms with Gasteiger partial charge in [0.2, 0.25) is 0 Å². The highest BCUT2D eigenvalue weighted by Crippen LogP contribution is 2.39. The van der Waals surface area contributed by atoms with Crippen LogP contribution in [0.25, 0.3) is 10.9 Å². The van der Waals surface area contributed by atoms with Crippen molar-refractivity contribution >= 4 is 28.5 Å². The van der Waals surface area contributed by atoms with Gasteiger partial charge in [-0.3, -0.25) is 9.78 Å². The number of nitrogens with zero attached hydrogens (tertiary/aromatic N) is 2. The molecule has 0 saturated carbocycles. The molecule has 1 atom stereocenters. The number of alkyl halides is 3. The van der Waals surface area contributed by atoms with Gasteiger partial charge in [0.25, 0.3) is 5.56 Å². The zero-order valence-corrected chi connectivity index (χ0v) is 29.4. The Balaban J connectivity index is 0.000000319. The van der Waals surface area contributed by atoms with Gasteiger partial charge < -0.3 is 29.6 Å². The summed E-state index contributed by atoms with van der Waals surface area (Å²) in [4.78, 5) is 40.9. The minimum atomic E-state index is -4.56. The summed E-state index contributed by atoms with van der Waals surface area (Å²) < 4.78 is 49.9. The van der Waals surface area contributed by atoms with Gasteiger partial charge in [-0.15, -0.1) is 0 Å². The summed E-state index contributed by atoms with van der Waals surface area (Å²) in [5.74, 6) is -2.08. The number of nitrogens with one attached hydrogen (secondary N) is 1. The van der Waals surface area contributed by atoms with Crippen molar-refractivity contribution in [2.45, 2.75) is 66.7 Å². The van der Waals surface area contributed by atoms with Crippen LogP contribution in [0.5, 0.6) is 5.75 Å². The number of aromatic hydroxyl groups is 1. The van der Waals surface area contributed by atoms with Crippen molar-refractivity contribution in [3.8, 4) is 5.75 Å². The van der Waals surface area contributed by atoms with Crippen LogP contribution in [0.4, 0.5) is 18.9 Å². The van der Waals surface area contributed by atoms with E-state index in [0.717, 1.165) is 23.4 Å². The van der Waals surface area contributed by atoms with E-state index < -0.39 is 46.7 Å². The molecule has 3 N–H and O–H groups in total. The van der Waals surface area contributed by atoms with E-state index in [-0.39, 0.29) is 31.1 Å². The number of pyridine rings is 2. The van der Waals surface area contributed by atoms with E-state index in [9.17, 15) is 37.8 Å². The van der Waals surface area contributed by atoms with Crippen LogP contribution in [-0.2, 0) is 33.4 Å². The lowest BCUT2D eigenvalue weighted by Gasteiger charge is -2.30. The van der Waals surface area contributed by atoms with Crippen molar-refractivity contribution in [2.24, 2.45) is 0 Å². The average molecular weight is 710 g/mol. The molecule has 13 heteroatoms. The molecule has 4 rings (SSSR count). The van der Waals surface area contributed by atoms with Gasteiger partial charge in [0.15, 0.2) is 5.56 Å². The first-order chi connectivity index (χ1) is 24.0. The fourth-order valence-corrected chi connectivity index (χ4v) is 5.36. The molecule has 1 aromatic carbocycles. The highest BCUT2D eigenvalue weighted by Gasteiger charge is 2.33. The van der Waals surface area contributed by atoms with Crippen LogP contribution in [0.3, 0.4) is 0 Å². The zero-order chi connectivity index (χ0) is 38.2. The van der Waals surface area contributed by atoms with Gasteiger partial charge in [-0.05, 0) is 75.9 Å². The summed E-state index contributed by atoms with van der Waals surface area (Å²) in [5.41, 5.74) is 2.00. The Hall–Kier alpha value is -5.59. The van der Waals surface area contributed by atoms with Crippen LogP contribution in [0.1, 0.15) is 74.8 Å².